The van der Waals surface area contributed by atoms with Gasteiger partial charge in [-0.1, -0.05) is 0 Å². The van der Waals surface area contributed by atoms with Crippen LogP contribution in [0, 0.1) is 23.3 Å². The summed E-state index contributed by atoms with van der Waals surface area (Å²) in [5.41, 5.74) is -2.11. The SMILES string of the molecule is CC(C)(O)C1CCCN1C(=O)c1cc(F)c(F)c(F)c1F. The van der Waals surface area contributed by atoms with Crippen molar-refractivity contribution in [2.24, 2.45) is 0 Å². The molecule has 1 amide bonds. The number of likely N-dealkylation sites (tertiary alicyclic amines) is 1. The summed E-state index contributed by atoms with van der Waals surface area (Å²) in [6.07, 6.45) is 1.07. The molecule has 1 aromatic rings. The monoisotopic (exact) mass is 305 g/mol. The molecule has 21 heavy (non-hydrogen) atoms. The Morgan fingerprint density at radius 1 is 1.24 bits per heavy atom. The maximum Gasteiger partial charge on any atom is 0.257 e. The first-order valence-electron chi connectivity index (χ1n) is 6.51. The average molecular weight is 305 g/mol. The number of halogens is 4. The van der Waals surface area contributed by atoms with Crippen LogP contribution in [0.25, 0.3) is 0 Å². The minimum Gasteiger partial charge on any atom is -0.388 e. The van der Waals surface area contributed by atoms with Crippen molar-refractivity contribution in [3.8, 4) is 0 Å². The van der Waals surface area contributed by atoms with Crippen molar-refractivity contribution >= 4 is 5.91 Å². The van der Waals surface area contributed by atoms with Crippen molar-refractivity contribution in [2.45, 2.75) is 38.3 Å². The number of hydrogen-bond donors (Lipinski definition) is 1. The van der Waals surface area contributed by atoms with Crippen LogP contribution < -0.4 is 0 Å². The van der Waals surface area contributed by atoms with E-state index in [0.29, 0.717) is 18.9 Å². The Balaban J connectivity index is 2.41. The van der Waals surface area contributed by atoms with Crippen molar-refractivity contribution in [3.63, 3.8) is 0 Å². The average Bonchev–Trinajstić information content (AvgIpc) is 2.89. The number of carbonyl (C=O) groups excluding carboxylic acids is 1. The van der Waals surface area contributed by atoms with E-state index in [1.54, 1.807) is 0 Å². The lowest BCUT2D eigenvalue weighted by Crippen LogP contribution is -2.48. The standard InChI is InChI=1S/C14H15F4NO2/c1-14(2,21)9-4-3-5-19(9)13(20)7-6-8(15)11(17)12(18)10(7)16/h6,9,21H,3-5H2,1-2H3. The van der Waals surface area contributed by atoms with Gasteiger partial charge in [0, 0.05) is 6.54 Å². The van der Waals surface area contributed by atoms with E-state index in [2.05, 4.69) is 0 Å². The first-order chi connectivity index (χ1) is 9.64. The van der Waals surface area contributed by atoms with Gasteiger partial charge < -0.3 is 10.0 Å². The van der Waals surface area contributed by atoms with Crippen LogP contribution in [0.3, 0.4) is 0 Å². The van der Waals surface area contributed by atoms with Crippen molar-refractivity contribution < 1.29 is 27.5 Å². The number of aliphatic hydroxyl groups is 1. The molecular weight excluding hydrogens is 290 g/mol. The van der Waals surface area contributed by atoms with Crippen molar-refractivity contribution in [3.05, 3.63) is 34.9 Å². The molecule has 116 valence electrons. The zero-order valence-electron chi connectivity index (χ0n) is 11.6. The molecule has 1 heterocycles. The number of amides is 1. The van der Waals surface area contributed by atoms with Gasteiger partial charge in [-0.25, -0.2) is 17.6 Å². The van der Waals surface area contributed by atoms with Crippen LogP contribution >= 0.6 is 0 Å². The molecule has 3 nitrogen and oxygen atoms in total. The molecule has 0 saturated carbocycles. The Bertz CT molecular complexity index is 583. The lowest BCUT2D eigenvalue weighted by molar-refractivity contribution is 0.000100. The fourth-order valence-corrected chi connectivity index (χ4v) is 2.63. The van der Waals surface area contributed by atoms with Crippen molar-refractivity contribution in [1.82, 2.24) is 4.90 Å². The summed E-state index contributed by atoms with van der Waals surface area (Å²) in [5, 5.41) is 10.0. The van der Waals surface area contributed by atoms with Crippen LogP contribution in [0.2, 0.25) is 0 Å². The van der Waals surface area contributed by atoms with E-state index < -0.39 is 46.4 Å². The van der Waals surface area contributed by atoms with Gasteiger partial charge in [0.2, 0.25) is 0 Å². The third kappa shape index (κ3) is 2.74. The molecule has 1 N–H and O–H groups in total. The van der Waals surface area contributed by atoms with Crippen LogP contribution in [-0.4, -0.2) is 34.1 Å². The van der Waals surface area contributed by atoms with E-state index in [0.717, 1.165) is 4.90 Å². The second-order valence-corrected chi connectivity index (χ2v) is 5.66. The predicted octanol–water partition coefficient (Wildman–Crippen LogP) is 2.62. The molecule has 0 aliphatic carbocycles. The Labute approximate surface area is 119 Å². The van der Waals surface area contributed by atoms with Gasteiger partial charge in [0.15, 0.2) is 23.3 Å². The summed E-state index contributed by atoms with van der Waals surface area (Å²) in [7, 11) is 0. The zero-order chi connectivity index (χ0) is 15.9. The largest absolute Gasteiger partial charge is 0.388 e. The summed E-state index contributed by atoms with van der Waals surface area (Å²) in [6, 6.07) is -0.254. The Morgan fingerprint density at radius 3 is 2.43 bits per heavy atom. The van der Waals surface area contributed by atoms with E-state index in [9.17, 15) is 27.5 Å². The Kier molecular flexibility index (Phi) is 3.97. The number of benzene rings is 1. The maximum atomic E-state index is 13.7. The van der Waals surface area contributed by atoms with Crippen LogP contribution in [0.1, 0.15) is 37.0 Å². The molecule has 0 radical (unpaired) electrons. The van der Waals surface area contributed by atoms with Crippen LogP contribution in [0.4, 0.5) is 17.6 Å². The summed E-state index contributed by atoms with van der Waals surface area (Å²) in [6.45, 7) is 3.21. The molecule has 7 heteroatoms. The molecule has 0 bridgehead atoms. The number of nitrogens with zero attached hydrogens (tertiary/aromatic N) is 1. The summed E-state index contributed by atoms with van der Waals surface area (Å²) < 4.78 is 53.0. The molecule has 1 aliphatic heterocycles. The topological polar surface area (TPSA) is 40.5 Å². The van der Waals surface area contributed by atoms with E-state index in [4.69, 9.17) is 0 Å². The first kappa shape index (κ1) is 15.8. The second-order valence-electron chi connectivity index (χ2n) is 5.66. The maximum absolute atomic E-state index is 13.7. The lowest BCUT2D eigenvalue weighted by atomic mass is 9.96. The van der Waals surface area contributed by atoms with Crippen molar-refractivity contribution in [1.29, 1.82) is 0 Å². The molecule has 1 unspecified atom stereocenters. The third-order valence-corrected chi connectivity index (χ3v) is 3.66. The summed E-state index contributed by atoms with van der Waals surface area (Å²) >= 11 is 0. The van der Waals surface area contributed by atoms with Crippen LogP contribution in [0.15, 0.2) is 6.07 Å². The molecule has 2 rings (SSSR count). The van der Waals surface area contributed by atoms with Gasteiger partial charge in [-0.2, -0.15) is 0 Å². The molecule has 1 atom stereocenters. The molecule has 1 fully saturated rings. The molecular formula is C14H15F4NO2. The van der Waals surface area contributed by atoms with E-state index in [1.807, 2.05) is 0 Å². The molecule has 0 aromatic heterocycles. The molecule has 0 spiro atoms. The zero-order valence-corrected chi connectivity index (χ0v) is 11.6. The van der Waals surface area contributed by atoms with E-state index >= 15 is 0 Å². The van der Waals surface area contributed by atoms with Gasteiger partial charge in [0.1, 0.15) is 0 Å². The summed E-state index contributed by atoms with van der Waals surface area (Å²) in [5.74, 6) is -8.28. The lowest BCUT2D eigenvalue weighted by Gasteiger charge is -2.33. The quantitative estimate of drug-likeness (QED) is 0.518. The van der Waals surface area contributed by atoms with Crippen molar-refractivity contribution in [2.75, 3.05) is 6.54 Å². The van der Waals surface area contributed by atoms with Crippen LogP contribution in [0.5, 0.6) is 0 Å². The van der Waals surface area contributed by atoms with Gasteiger partial charge in [-0.3, -0.25) is 4.79 Å². The van der Waals surface area contributed by atoms with Crippen LogP contribution in [-0.2, 0) is 0 Å². The Morgan fingerprint density at radius 2 is 1.86 bits per heavy atom. The highest BCUT2D eigenvalue weighted by molar-refractivity contribution is 5.95. The summed E-state index contributed by atoms with van der Waals surface area (Å²) in [4.78, 5) is 13.4. The van der Waals surface area contributed by atoms with Gasteiger partial charge in [-0.15, -0.1) is 0 Å². The second kappa shape index (κ2) is 5.29. The number of carbonyl (C=O) groups is 1. The predicted molar refractivity (Wildman–Crippen MR) is 66.6 cm³/mol. The fourth-order valence-electron chi connectivity index (χ4n) is 2.63. The normalized spacial score (nSPS) is 19.2. The van der Waals surface area contributed by atoms with E-state index in [-0.39, 0.29) is 6.54 Å². The number of rotatable bonds is 2. The minimum absolute atomic E-state index is 0.230. The van der Waals surface area contributed by atoms with Gasteiger partial charge in [0.05, 0.1) is 17.2 Å². The highest BCUT2D eigenvalue weighted by Crippen LogP contribution is 2.29. The highest BCUT2D eigenvalue weighted by atomic mass is 19.2. The molecule has 1 aliphatic rings. The third-order valence-electron chi connectivity index (χ3n) is 3.66. The van der Waals surface area contributed by atoms with Gasteiger partial charge >= 0.3 is 0 Å². The highest BCUT2D eigenvalue weighted by Gasteiger charge is 2.40. The van der Waals surface area contributed by atoms with Gasteiger partial charge in [-0.05, 0) is 32.8 Å². The fraction of sp³-hybridized carbons (Fsp3) is 0.500. The molecule has 1 saturated heterocycles. The van der Waals surface area contributed by atoms with E-state index in [1.165, 1.54) is 13.8 Å². The Hall–Kier alpha value is -1.63. The minimum atomic E-state index is -2.02. The number of hydrogen-bond acceptors (Lipinski definition) is 2. The first-order valence-corrected chi connectivity index (χ1v) is 6.51. The molecule has 1 aromatic carbocycles. The van der Waals surface area contributed by atoms with Gasteiger partial charge in [0.25, 0.3) is 5.91 Å². The smallest absolute Gasteiger partial charge is 0.257 e.